The van der Waals surface area contributed by atoms with Crippen LogP contribution in [0.3, 0.4) is 0 Å². The largest absolute Gasteiger partial charge is 0.382 e. The van der Waals surface area contributed by atoms with Crippen molar-refractivity contribution in [1.82, 2.24) is 0 Å². The van der Waals surface area contributed by atoms with Crippen molar-refractivity contribution in [2.45, 2.75) is 32.2 Å². The Bertz CT molecular complexity index is 346. The molecule has 0 bridgehead atoms. The van der Waals surface area contributed by atoms with Gasteiger partial charge in [0, 0.05) is 24.9 Å². The minimum absolute atomic E-state index is 0.144. The van der Waals surface area contributed by atoms with Crippen LogP contribution < -0.4 is 5.32 Å². The SMILES string of the molecule is Cc1ccc(NC2CCCOCC2)cc1F. The molecule has 2 rings (SSSR count). The van der Waals surface area contributed by atoms with Crippen LogP contribution in [-0.4, -0.2) is 19.3 Å². The molecule has 2 nitrogen and oxygen atoms in total. The number of hydrogen-bond donors (Lipinski definition) is 1. The van der Waals surface area contributed by atoms with Crippen LogP contribution >= 0.6 is 0 Å². The molecule has 1 saturated heterocycles. The van der Waals surface area contributed by atoms with E-state index in [0.29, 0.717) is 11.6 Å². The van der Waals surface area contributed by atoms with Gasteiger partial charge in [-0.05, 0) is 43.9 Å². The van der Waals surface area contributed by atoms with Crippen LogP contribution in [0.5, 0.6) is 0 Å². The van der Waals surface area contributed by atoms with E-state index in [4.69, 9.17) is 4.74 Å². The van der Waals surface area contributed by atoms with Gasteiger partial charge >= 0.3 is 0 Å². The lowest BCUT2D eigenvalue weighted by Gasteiger charge is -2.17. The Morgan fingerprint density at radius 1 is 1.31 bits per heavy atom. The first-order valence-electron chi connectivity index (χ1n) is 5.86. The average Bonchev–Trinajstić information content (AvgIpc) is 2.52. The highest BCUT2D eigenvalue weighted by Crippen LogP contribution is 2.18. The molecule has 1 aromatic carbocycles. The molecular weight excluding hydrogens is 205 g/mol. The zero-order valence-electron chi connectivity index (χ0n) is 9.63. The molecule has 1 atom stereocenters. The smallest absolute Gasteiger partial charge is 0.128 e. The summed E-state index contributed by atoms with van der Waals surface area (Å²) < 4.78 is 18.7. The topological polar surface area (TPSA) is 21.3 Å². The second kappa shape index (κ2) is 5.30. The Hall–Kier alpha value is -1.09. The van der Waals surface area contributed by atoms with E-state index in [0.717, 1.165) is 38.2 Å². The first kappa shape index (κ1) is 11.4. The fourth-order valence-corrected chi connectivity index (χ4v) is 1.97. The van der Waals surface area contributed by atoms with Crippen LogP contribution in [0.1, 0.15) is 24.8 Å². The zero-order chi connectivity index (χ0) is 11.4. The summed E-state index contributed by atoms with van der Waals surface area (Å²) in [5.41, 5.74) is 1.56. The van der Waals surface area contributed by atoms with Crippen LogP contribution in [-0.2, 0) is 4.74 Å². The molecule has 1 aromatic rings. The molecule has 1 N–H and O–H groups in total. The van der Waals surface area contributed by atoms with Crippen LogP contribution in [0.15, 0.2) is 18.2 Å². The number of aryl methyl sites for hydroxylation is 1. The third-order valence-corrected chi connectivity index (χ3v) is 2.99. The second-order valence-electron chi connectivity index (χ2n) is 4.35. The molecule has 1 fully saturated rings. The van der Waals surface area contributed by atoms with Gasteiger partial charge in [0.05, 0.1) is 0 Å². The zero-order valence-corrected chi connectivity index (χ0v) is 9.63. The highest BCUT2D eigenvalue weighted by molar-refractivity contribution is 5.45. The van der Waals surface area contributed by atoms with Gasteiger partial charge in [0.2, 0.25) is 0 Å². The third-order valence-electron chi connectivity index (χ3n) is 2.99. The summed E-state index contributed by atoms with van der Waals surface area (Å²) in [6.07, 6.45) is 3.16. The Kier molecular flexibility index (Phi) is 3.78. The normalized spacial score (nSPS) is 21.5. The van der Waals surface area contributed by atoms with Crippen LogP contribution in [0.4, 0.5) is 10.1 Å². The lowest BCUT2D eigenvalue weighted by atomic mass is 10.1. The van der Waals surface area contributed by atoms with E-state index in [2.05, 4.69) is 5.32 Å². The molecule has 1 aliphatic heterocycles. The standard InChI is InChI=1S/C13H18FNO/c1-10-4-5-12(9-13(10)14)15-11-3-2-7-16-8-6-11/h4-5,9,11,15H,2-3,6-8H2,1H3. The van der Waals surface area contributed by atoms with Gasteiger partial charge in [0.15, 0.2) is 0 Å². The summed E-state index contributed by atoms with van der Waals surface area (Å²) in [5, 5.41) is 3.37. The van der Waals surface area contributed by atoms with Gasteiger partial charge in [-0.3, -0.25) is 0 Å². The summed E-state index contributed by atoms with van der Waals surface area (Å²) in [5.74, 6) is -0.144. The third kappa shape index (κ3) is 2.95. The van der Waals surface area contributed by atoms with Gasteiger partial charge in [-0.1, -0.05) is 6.07 Å². The Morgan fingerprint density at radius 2 is 2.19 bits per heavy atom. The minimum Gasteiger partial charge on any atom is -0.382 e. The maximum Gasteiger partial charge on any atom is 0.128 e. The van der Waals surface area contributed by atoms with E-state index in [1.807, 2.05) is 12.1 Å². The summed E-state index contributed by atoms with van der Waals surface area (Å²) in [4.78, 5) is 0. The van der Waals surface area contributed by atoms with E-state index < -0.39 is 0 Å². The first-order valence-corrected chi connectivity index (χ1v) is 5.86. The van der Waals surface area contributed by atoms with E-state index in [-0.39, 0.29) is 5.82 Å². The second-order valence-corrected chi connectivity index (χ2v) is 4.35. The fourth-order valence-electron chi connectivity index (χ4n) is 1.97. The van der Waals surface area contributed by atoms with Gasteiger partial charge in [-0.2, -0.15) is 0 Å². The van der Waals surface area contributed by atoms with Crippen molar-refractivity contribution >= 4 is 5.69 Å². The van der Waals surface area contributed by atoms with Gasteiger partial charge < -0.3 is 10.1 Å². The fraction of sp³-hybridized carbons (Fsp3) is 0.538. The van der Waals surface area contributed by atoms with Crippen molar-refractivity contribution < 1.29 is 9.13 Å². The maximum absolute atomic E-state index is 13.3. The van der Waals surface area contributed by atoms with Crippen LogP contribution in [0.25, 0.3) is 0 Å². The quantitative estimate of drug-likeness (QED) is 0.831. The molecule has 0 saturated carbocycles. The average molecular weight is 223 g/mol. The summed E-state index contributed by atoms with van der Waals surface area (Å²) in [7, 11) is 0. The summed E-state index contributed by atoms with van der Waals surface area (Å²) in [6.45, 7) is 3.42. The monoisotopic (exact) mass is 223 g/mol. The number of halogens is 1. The molecule has 0 spiro atoms. The van der Waals surface area contributed by atoms with Crippen molar-refractivity contribution in [2.24, 2.45) is 0 Å². The van der Waals surface area contributed by atoms with Crippen molar-refractivity contribution in [3.05, 3.63) is 29.6 Å². The van der Waals surface area contributed by atoms with Gasteiger partial charge in [-0.15, -0.1) is 0 Å². The number of hydrogen-bond acceptors (Lipinski definition) is 2. The predicted octanol–water partition coefficient (Wildman–Crippen LogP) is 3.12. The maximum atomic E-state index is 13.3. The Morgan fingerprint density at radius 3 is 3.00 bits per heavy atom. The highest BCUT2D eigenvalue weighted by atomic mass is 19.1. The molecule has 1 heterocycles. The van der Waals surface area contributed by atoms with Crippen LogP contribution in [0, 0.1) is 12.7 Å². The van der Waals surface area contributed by atoms with Crippen molar-refractivity contribution in [2.75, 3.05) is 18.5 Å². The number of nitrogens with one attached hydrogen (secondary N) is 1. The molecule has 0 radical (unpaired) electrons. The molecule has 0 amide bonds. The first-order chi connectivity index (χ1) is 7.75. The van der Waals surface area contributed by atoms with Crippen LogP contribution in [0.2, 0.25) is 0 Å². The van der Waals surface area contributed by atoms with Crippen molar-refractivity contribution in [3.63, 3.8) is 0 Å². The summed E-state index contributed by atoms with van der Waals surface area (Å²) >= 11 is 0. The predicted molar refractivity (Wildman–Crippen MR) is 63.2 cm³/mol. The van der Waals surface area contributed by atoms with E-state index >= 15 is 0 Å². The van der Waals surface area contributed by atoms with E-state index in [9.17, 15) is 4.39 Å². The minimum atomic E-state index is -0.144. The van der Waals surface area contributed by atoms with Gasteiger partial charge in [-0.25, -0.2) is 4.39 Å². The molecule has 3 heteroatoms. The molecule has 88 valence electrons. The Labute approximate surface area is 95.8 Å². The molecular formula is C13H18FNO. The van der Waals surface area contributed by atoms with Crippen molar-refractivity contribution in [3.8, 4) is 0 Å². The molecule has 1 unspecified atom stereocenters. The van der Waals surface area contributed by atoms with Gasteiger partial charge in [0.25, 0.3) is 0 Å². The molecule has 0 aromatic heterocycles. The number of benzene rings is 1. The lowest BCUT2D eigenvalue weighted by Crippen LogP contribution is -2.19. The van der Waals surface area contributed by atoms with Crippen molar-refractivity contribution in [1.29, 1.82) is 0 Å². The number of ether oxygens (including phenoxy) is 1. The molecule has 0 aliphatic carbocycles. The number of anilines is 1. The van der Waals surface area contributed by atoms with E-state index in [1.165, 1.54) is 0 Å². The molecule has 16 heavy (non-hydrogen) atoms. The molecule has 1 aliphatic rings. The summed E-state index contributed by atoms with van der Waals surface area (Å²) in [6, 6.07) is 5.72. The van der Waals surface area contributed by atoms with E-state index in [1.54, 1.807) is 13.0 Å². The number of rotatable bonds is 2. The Balaban J connectivity index is 1.99. The highest BCUT2D eigenvalue weighted by Gasteiger charge is 2.12. The van der Waals surface area contributed by atoms with Gasteiger partial charge in [0.1, 0.15) is 5.82 Å². The lowest BCUT2D eigenvalue weighted by molar-refractivity contribution is 0.144.